The van der Waals surface area contributed by atoms with E-state index in [1.807, 2.05) is 37.7 Å². The van der Waals surface area contributed by atoms with E-state index in [9.17, 15) is 39.9 Å². The summed E-state index contributed by atoms with van der Waals surface area (Å²) < 4.78 is 60.7. The van der Waals surface area contributed by atoms with Crippen molar-refractivity contribution in [2.24, 2.45) is 17.8 Å². The third kappa shape index (κ3) is 14.0. The third-order valence-corrected chi connectivity index (χ3v) is 18.0. The summed E-state index contributed by atoms with van der Waals surface area (Å²) in [6.45, 7) is 17.3. The molecule has 5 N–H and O–H groups in total. The molecule has 0 unspecified atom stereocenters. The molecular formula is C60H91FN6O15. The van der Waals surface area contributed by atoms with Crippen LogP contribution in [0.5, 0.6) is 0 Å². The molecule has 3 saturated heterocycles. The fourth-order valence-electron chi connectivity index (χ4n) is 12.9. The van der Waals surface area contributed by atoms with E-state index in [0.717, 1.165) is 0 Å². The van der Waals surface area contributed by atoms with E-state index >= 15 is 4.39 Å². The van der Waals surface area contributed by atoms with Gasteiger partial charge in [-0.25, -0.2) is 9.07 Å². The van der Waals surface area contributed by atoms with Gasteiger partial charge in [0.1, 0.15) is 48.8 Å². The number of amides is 2. The number of halogens is 1. The molecule has 0 aliphatic carbocycles. The quantitative estimate of drug-likeness (QED) is 0.0899. The lowest BCUT2D eigenvalue weighted by molar-refractivity contribution is -0.318. The summed E-state index contributed by atoms with van der Waals surface area (Å²) in [7, 11) is 6.65. The molecule has 20 atom stereocenters. The van der Waals surface area contributed by atoms with Crippen LogP contribution in [-0.4, -0.2) is 211 Å². The van der Waals surface area contributed by atoms with Crippen LogP contribution in [0, 0.1) is 17.8 Å². The molecular weight excluding hydrogens is 1060 g/mol. The van der Waals surface area contributed by atoms with Gasteiger partial charge in [0.15, 0.2) is 12.6 Å². The molecule has 7 rings (SSSR count). The van der Waals surface area contributed by atoms with Gasteiger partial charge in [-0.15, -0.1) is 5.10 Å². The number of carbonyl (C=O) groups excluding carboxylic acids is 3. The average Bonchev–Trinajstić information content (AvgIpc) is 4.11. The zero-order valence-electron chi connectivity index (χ0n) is 50.3. The Labute approximate surface area is 482 Å². The smallest absolute Gasteiger partial charge is 0.311 e. The Kier molecular flexibility index (Phi) is 21.4. The maximum atomic E-state index is 15.1. The zero-order valence-corrected chi connectivity index (χ0v) is 50.3. The molecule has 3 fully saturated rings. The highest BCUT2D eigenvalue weighted by molar-refractivity contribution is 6.21. The second kappa shape index (κ2) is 26.9. The molecule has 4 aliphatic heterocycles. The molecule has 0 spiro atoms. The van der Waals surface area contributed by atoms with Crippen molar-refractivity contribution in [3.8, 4) is 0 Å². The number of cyclic esters (lactones) is 1. The predicted molar refractivity (Wildman–Crippen MR) is 299 cm³/mol. The Morgan fingerprint density at radius 1 is 0.890 bits per heavy atom. The first kappa shape index (κ1) is 65.1. The molecule has 0 bridgehead atoms. The summed E-state index contributed by atoms with van der Waals surface area (Å²) in [6, 6.07) is 11.8. The molecule has 21 nitrogen and oxygen atoms in total. The standard InChI is InChI=1S/C60H91FN6O15/c1-15-46-60(10,75)51(69)37(6)65(12)30-33(2)27-58(8,74)53(35(4)49(36(5)56(73)80-46)81-47-28-59(9,77-14)52(70)38(7)79-47)82-57-48(68)44(26-34(3)78-57)64(11)25-24-41-32-67(63-62-41)45(29-61)50(76-13)40-22-20-39(21-23-40)31-66-54(71)42-18-16-17-19-43(42)55(66)72/h16-23,32-38,44-53,57,68-70,74-75H,15,24-31H2,1-14H3/t33-,34-,35+,36-,37-,38+,44+,45-,46-,47+,48-,49+,50-,51-,52+,53-,57+,58-,59-,60-/m1/s1. The van der Waals surface area contributed by atoms with Gasteiger partial charge in [-0.1, -0.05) is 62.4 Å². The summed E-state index contributed by atoms with van der Waals surface area (Å²) in [4.78, 5) is 45.7. The van der Waals surface area contributed by atoms with Crippen molar-refractivity contribution in [2.75, 3.05) is 48.1 Å². The van der Waals surface area contributed by atoms with Gasteiger partial charge in [-0.3, -0.25) is 19.3 Å². The zero-order chi connectivity index (χ0) is 60.3. The van der Waals surface area contributed by atoms with Gasteiger partial charge in [-0.05, 0) is 111 Å². The van der Waals surface area contributed by atoms with E-state index in [0.29, 0.717) is 53.9 Å². The lowest BCUT2D eigenvalue weighted by Crippen LogP contribution is -2.61. The molecule has 2 aromatic carbocycles. The first-order valence-corrected chi connectivity index (χ1v) is 28.9. The number of esters is 1. The number of methoxy groups -OCH3 is 2. The minimum atomic E-state index is -1.87. The van der Waals surface area contributed by atoms with Crippen LogP contribution in [0.1, 0.15) is 145 Å². The number of hydrogen-bond donors (Lipinski definition) is 5. The predicted octanol–water partition coefficient (Wildman–Crippen LogP) is 4.80. The van der Waals surface area contributed by atoms with Crippen LogP contribution in [0.2, 0.25) is 0 Å². The topological polar surface area (TPSA) is 257 Å². The van der Waals surface area contributed by atoms with Gasteiger partial charge in [0.2, 0.25) is 0 Å². The Morgan fingerprint density at radius 2 is 1.54 bits per heavy atom. The van der Waals surface area contributed by atoms with Crippen LogP contribution in [0.4, 0.5) is 4.39 Å². The van der Waals surface area contributed by atoms with Gasteiger partial charge in [0, 0.05) is 64.3 Å². The number of aromatic nitrogens is 3. The molecule has 2 amide bonds. The SMILES string of the molecule is CC[C@H]1OC(=O)[C@H](C)[C@@H](O[C@H]2C[C@@](C)(OC)[C@@H](O)[C@H](C)O2)[C@H](C)[C@@H](O[C@@H]2O[C@H](C)C[C@H](N(C)CCc3cn([C@H](CF)[C@H](OC)c4ccc(CN5C(=O)c6ccccc6C5=O)cc4)nn3)[C@H]2O)[C@](C)(O)C[C@@H](C)CN(C)[C@H](C)[C@@H](O)[C@]1(C)O. The molecule has 5 heterocycles. The van der Waals surface area contributed by atoms with Crippen LogP contribution in [0.15, 0.2) is 54.7 Å². The minimum absolute atomic E-state index is 0.0689. The van der Waals surface area contributed by atoms with E-state index < -0.39 is 127 Å². The second-order valence-electron chi connectivity index (χ2n) is 24.5. The summed E-state index contributed by atoms with van der Waals surface area (Å²) >= 11 is 0. The number of aliphatic hydroxyl groups is 5. The first-order chi connectivity index (χ1) is 38.6. The number of aliphatic hydroxyl groups excluding tert-OH is 3. The Balaban J connectivity index is 1.09. The summed E-state index contributed by atoms with van der Waals surface area (Å²) in [6.07, 6.45) is -8.50. The Hall–Kier alpha value is -4.40. The highest BCUT2D eigenvalue weighted by Gasteiger charge is 2.53. The van der Waals surface area contributed by atoms with Gasteiger partial charge < -0.3 is 68.5 Å². The van der Waals surface area contributed by atoms with Crippen LogP contribution in [0.25, 0.3) is 0 Å². The third-order valence-electron chi connectivity index (χ3n) is 18.0. The van der Waals surface area contributed by atoms with E-state index in [4.69, 9.17) is 33.2 Å². The average molecular weight is 1160 g/mol. The lowest BCUT2D eigenvalue weighted by atomic mass is 9.77. The van der Waals surface area contributed by atoms with Crippen molar-refractivity contribution in [3.63, 3.8) is 0 Å². The van der Waals surface area contributed by atoms with E-state index in [1.165, 1.54) is 30.7 Å². The number of imide groups is 1. The highest BCUT2D eigenvalue weighted by Crippen LogP contribution is 2.41. The monoisotopic (exact) mass is 1150 g/mol. The fourth-order valence-corrected chi connectivity index (χ4v) is 12.9. The van der Waals surface area contributed by atoms with Crippen molar-refractivity contribution in [1.29, 1.82) is 0 Å². The van der Waals surface area contributed by atoms with Gasteiger partial charge in [0.05, 0.1) is 64.9 Å². The number of likely N-dealkylation sites (N-methyl/N-ethyl adjacent to an activating group) is 2. The Bertz CT molecular complexity index is 2580. The lowest BCUT2D eigenvalue weighted by Gasteiger charge is -2.49. The first-order valence-electron chi connectivity index (χ1n) is 28.9. The number of ether oxygens (including phenoxy) is 7. The van der Waals surface area contributed by atoms with Crippen LogP contribution >= 0.6 is 0 Å². The molecule has 22 heteroatoms. The molecule has 1 aromatic heterocycles. The number of carbonyl (C=O) groups is 3. The van der Waals surface area contributed by atoms with Gasteiger partial charge in [-0.2, -0.15) is 0 Å². The maximum Gasteiger partial charge on any atom is 0.311 e. The normalized spacial score (nSPS) is 37.3. The number of hydrogen-bond acceptors (Lipinski definition) is 19. The summed E-state index contributed by atoms with van der Waals surface area (Å²) in [5.41, 5.74) is -1.99. The number of nitrogens with zero attached hydrogens (tertiary/aromatic N) is 6. The van der Waals surface area contributed by atoms with Gasteiger partial charge >= 0.3 is 5.97 Å². The number of benzene rings is 2. The molecule has 4 aliphatic rings. The van der Waals surface area contributed by atoms with E-state index in [1.54, 1.807) is 103 Å². The van der Waals surface area contributed by atoms with E-state index in [2.05, 4.69) is 10.3 Å². The van der Waals surface area contributed by atoms with Gasteiger partial charge in [0.25, 0.3) is 11.8 Å². The largest absolute Gasteiger partial charge is 0.459 e. The van der Waals surface area contributed by atoms with Crippen LogP contribution < -0.4 is 0 Å². The molecule has 82 heavy (non-hydrogen) atoms. The molecule has 458 valence electrons. The van der Waals surface area contributed by atoms with Crippen LogP contribution in [-0.2, 0) is 50.9 Å². The summed E-state index contributed by atoms with van der Waals surface area (Å²) in [5.74, 6) is -3.67. The van der Waals surface area contributed by atoms with Crippen molar-refractivity contribution in [1.82, 2.24) is 29.7 Å². The minimum Gasteiger partial charge on any atom is -0.459 e. The van der Waals surface area contributed by atoms with Crippen molar-refractivity contribution in [2.45, 2.75) is 210 Å². The highest BCUT2D eigenvalue weighted by atomic mass is 19.1. The number of rotatable bonds is 17. The van der Waals surface area contributed by atoms with Crippen molar-refractivity contribution in [3.05, 3.63) is 82.7 Å². The van der Waals surface area contributed by atoms with Crippen LogP contribution in [0.3, 0.4) is 0 Å². The molecule has 3 aromatic rings. The molecule has 0 saturated carbocycles. The number of alkyl halides is 1. The molecule has 0 radical (unpaired) electrons. The second-order valence-corrected chi connectivity index (χ2v) is 24.5. The maximum absolute atomic E-state index is 15.1. The Morgan fingerprint density at radius 3 is 2.13 bits per heavy atom. The van der Waals surface area contributed by atoms with E-state index in [-0.39, 0.29) is 43.5 Å². The summed E-state index contributed by atoms with van der Waals surface area (Å²) in [5, 5.41) is 68.7. The number of fused-ring (bicyclic) bond motifs is 1. The van der Waals surface area contributed by atoms with Crippen molar-refractivity contribution >= 4 is 17.8 Å². The van der Waals surface area contributed by atoms with Crippen molar-refractivity contribution < 1.29 is 77.5 Å². The fraction of sp³-hybridized carbons (Fsp3) is 0.717.